The third-order valence-corrected chi connectivity index (χ3v) is 5.63. The van der Waals surface area contributed by atoms with Crippen molar-refractivity contribution in [3.63, 3.8) is 0 Å². The molecule has 0 saturated heterocycles. The van der Waals surface area contributed by atoms with Crippen molar-refractivity contribution >= 4 is 50.5 Å². The van der Waals surface area contributed by atoms with Gasteiger partial charge in [0.15, 0.2) is 0 Å². The van der Waals surface area contributed by atoms with Crippen LogP contribution in [0.5, 0.6) is 0 Å². The van der Waals surface area contributed by atoms with Crippen LogP contribution in [-0.2, 0) is 11.3 Å². The van der Waals surface area contributed by atoms with E-state index in [1.807, 2.05) is 47.7 Å². The summed E-state index contributed by atoms with van der Waals surface area (Å²) in [5.74, 6) is -0.231. The Bertz CT molecular complexity index is 943. The highest BCUT2D eigenvalue weighted by Crippen LogP contribution is 2.18. The Morgan fingerprint density at radius 1 is 0.964 bits per heavy atom. The van der Waals surface area contributed by atoms with Gasteiger partial charge in [-0.2, -0.15) is 0 Å². The zero-order valence-corrected chi connectivity index (χ0v) is 17.7. The molecule has 28 heavy (non-hydrogen) atoms. The SMILES string of the molecule is CN(CC(=O)Nc1ccc(NC(=O)c2cccs2)cc1)Cc1ccccc1Br. The smallest absolute Gasteiger partial charge is 0.265 e. The number of carbonyl (C=O) groups is 2. The van der Waals surface area contributed by atoms with Gasteiger partial charge in [-0.15, -0.1) is 11.3 Å². The normalized spacial score (nSPS) is 10.7. The lowest BCUT2D eigenvalue weighted by molar-refractivity contribution is -0.117. The minimum absolute atomic E-state index is 0.0927. The Morgan fingerprint density at radius 3 is 2.29 bits per heavy atom. The van der Waals surface area contributed by atoms with Crippen LogP contribution in [0.4, 0.5) is 11.4 Å². The molecular weight excluding hydrogens is 438 g/mol. The fourth-order valence-electron chi connectivity index (χ4n) is 2.66. The van der Waals surface area contributed by atoms with Crippen molar-refractivity contribution in [1.82, 2.24) is 4.90 Å². The molecule has 1 heterocycles. The zero-order valence-electron chi connectivity index (χ0n) is 15.3. The number of amides is 2. The van der Waals surface area contributed by atoms with E-state index in [1.54, 1.807) is 30.3 Å². The number of carbonyl (C=O) groups excluding carboxylic acids is 2. The average Bonchev–Trinajstić information content (AvgIpc) is 3.20. The van der Waals surface area contributed by atoms with Crippen LogP contribution in [0, 0.1) is 0 Å². The van der Waals surface area contributed by atoms with Crippen molar-refractivity contribution in [2.24, 2.45) is 0 Å². The molecule has 2 aromatic carbocycles. The quantitative estimate of drug-likeness (QED) is 0.533. The molecule has 5 nitrogen and oxygen atoms in total. The third-order valence-electron chi connectivity index (χ3n) is 3.98. The van der Waals surface area contributed by atoms with Crippen LogP contribution in [-0.4, -0.2) is 30.3 Å². The molecule has 0 spiro atoms. The highest BCUT2D eigenvalue weighted by atomic mass is 79.9. The van der Waals surface area contributed by atoms with Gasteiger partial charge >= 0.3 is 0 Å². The van der Waals surface area contributed by atoms with Crippen molar-refractivity contribution < 1.29 is 9.59 Å². The van der Waals surface area contributed by atoms with E-state index in [4.69, 9.17) is 0 Å². The van der Waals surface area contributed by atoms with Crippen LogP contribution in [0.2, 0.25) is 0 Å². The number of thiophene rings is 1. The van der Waals surface area contributed by atoms with E-state index in [0.29, 0.717) is 22.8 Å². The molecular formula is C21H20BrN3O2S. The first kappa shape index (κ1) is 20.3. The van der Waals surface area contributed by atoms with E-state index in [-0.39, 0.29) is 18.4 Å². The van der Waals surface area contributed by atoms with Gasteiger partial charge in [0.1, 0.15) is 0 Å². The van der Waals surface area contributed by atoms with E-state index >= 15 is 0 Å². The van der Waals surface area contributed by atoms with E-state index in [0.717, 1.165) is 10.0 Å². The molecule has 0 bridgehead atoms. The van der Waals surface area contributed by atoms with E-state index in [2.05, 4.69) is 26.6 Å². The maximum absolute atomic E-state index is 12.3. The number of benzene rings is 2. The van der Waals surface area contributed by atoms with Gasteiger partial charge in [0, 0.05) is 22.4 Å². The van der Waals surface area contributed by atoms with E-state index in [1.165, 1.54) is 11.3 Å². The molecule has 144 valence electrons. The van der Waals surface area contributed by atoms with Crippen molar-refractivity contribution in [3.8, 4) is 0 Å². The maximum Gasteiger partial charge on any atom is 0.265 e. The number of hydrogen-bond acceptors (Lipinski definition) is 4. The molecule has 0 aliphatic carbocycles. The van der Waals surface area contributed by atoms with Gasteiger partial charge in [0.25, 0.3) is 5.91 Å². The van der Waals surface area contributed by atoms with Crippen LogP contribution >= 0.6 is 27.3 Å². The Morgan fingerprint density at radius 2 is 1.64 bits per heavy atom. The minimum Gasteiger partial charge on any atom is -0.325 e. The zero-order chi connectivity index (χ0) is 19.9. The van der Waals surface area contributed by atoms with E-state index < -0.39 is 0 Å². The Balaban J connectivity index is 1.50. The summed E-state index contributed by atoms with van der Waals surface area (Å²) < 4.78 is 1.03. The second kappa shape index (κ2) is 9.64. The van der Waals surface area contributed by atoms with Gasteiger partial charge in [-0.25, -0.2) is 0 Å². The van der Waals surface area contributed by atoms with Gasteiger partial charge in [0.05, 0.1) is 11.4 Å². The lowest BCUT2D eigenvalue weighted by Crippen LogP contribution is -2.29. The second-order valence-electron chi connectivity index (χ2n) is 6.32. The van der Waals surface area contributed by atoms with Gasteiger partial charge < -0.3 is 10.6 Å². The molecule has 7 heteroatoms. The van der Waals surface area contributed by atoms with Crippen molar-refractivity contribution in [2.75, 3.05) is 24.2 Å². The van der Waals surface area contributed by atoms with Crippen molar-refractivity contribution in [2.45, 2.75) is 6.54 Å². The molecule has 0 unspecified atom stereocenters. The molecule has 0 fully saturated rings. The molecule has 0 aliphatic rings. The summed E-state index contributed by atoms with van der Waals surface area (Å²) >= 11 is 4.92. The van der Waals surface area contributed by atoms with Crippen LogP contribution in [0.3, 0.4) is 0 Å². The molecule has 0 aliphatic heterocycles. The Kier molecular flexibility index (Phi) is 6.97. The molecule has 2 N–H and O–H groups in total. The number of nitrogens with zero attached hydrogens (tertiary/aromatic N) is 1. The fourth-order valence-corrected chi connectivity index (χ4v) is 3.69. The van der Waals surface area contributed by atoms with Gasteiger partial charge in [-0.05, 0) is 54.4 Å². The number of nitrogens with one attached hydrogen (secondary N) is 2. The number of hydrogen-bond donors (Lipinski definition) is 2. The summed E-state index contributed by atoms with van der Waals surface area (Å²) in [5, 5.41) is 7.58. The first-order valence-corrected chi connectivity index (χ1v) is 10.4. The van der Waals surface area contributed by atoms with Crippen LogP contribution in [0.25, 0.3) is 0 Å². The number of rotatable bonds is 7. The second-order valence-corrected chi connectivity index (χ2v) is 8.12. The lowest BCUT2D eigenvalue weighted by atomic mass is 10.2. The van der Waals surface area contributed by atoms with Gasteiger partial charge in [0.2, 0.25) is 5.91 Å². The summed E-state index contributed by atoms with van der Waals surface area (Å²) in [6.07, 6.45) is 0. The summed E-state index contributed by atoms with van der Waals surface area (Å²) in [6, 6.07) is 18.7. The predicted molar refractivity (Wildman–Crippen MR) is 118 cm³/mol. The standard InChI is InChI=1S/C21H20BrN3O2S/c1-25(13-15-5-2-3-6-18(15)22)14-20(26)23-16-8-10-17(11-9-16)24-21(27)19-7-4-12-28-19/h2-12H,13-14H2,1H3,(H,23,26)(H,24,27). The van der Waals surface area contributed by atoms with Crippen LogP contribution in [0.15, 0.2) is 70.5 Å². The van der Waals surface area contributed by atoms with Gasteiger partial charge in [-0.1, -0.05) is 40.2 Å². The monoisotopic (exact) mass is 457 g/mol. The Hall–Kier alpha value is -2.48. The van der Waals surface area contributed by atoms with Crippen LogP contribution in [0.1, 0.15) is 15.2 Å². The summed E-state index contributed by atoms with van der Waals surface area (Å²) in [5.41, 5.74) is 2.50. The minimum atomic E-state index is -0.138. The summed E-state index contributed by atoms with van der Waals surface area (Å²) in [4.78, 5) is 26.9. The molecule has 0 atom stereocenters. The van der Waals surface area contributed by atoms with Crippen molar-refractivity contribution in [1.29, 1.82) is 0 Å². The number of halogens is 1. The molecule has 2 amide bonds. The first-order chi connectivity index (χ1) is 13.5. The summed E-state index contributed by atoms with van der Waals surface area (Å²) in [6.45, 7) is 0.945. The number of anilines is 2. The molecule has 0 saturated carbocycles. The molecule has 3 rings (SSSR count). The van der Waals surface area contributed by atoms with E-state index in [9.17, 15) is 9.59 Å². The average molecular weight is 458 g/mol. The Labute approximate surface area is 176 Å². The first-order valence-electron chi connectivity index (χ1n) is 8.68. The van der Waals surface area contributed by atoms with Gasteiger partial charge in [-0.3, -0.25) is 14.5 Å². The highest BCUT2D eigenvalue weighted by Gasteiger charge is 2.10. The van der Waals surface area contributed by atoms with Crippen LogP contribution < -0.4 is 10.6 Å². The summed E-state index contributed by atoms with van der Waals surface area (Å²) in [7, 11) is 1.90. The largest absolute Gasteiger partial charge is 0.325 e. The van der Waals surface area contributed by atoms with Crippen molar-refractivity contribution in [3.05, 3.63) is 81.0 Å². The lowest BCUT2D eigenvalue weighted by Gasteiger charge is -2.17. The fraction of sp³-hybridized carbons (Fsp3) is 0.143. The maximum atomic E-state index is 12.3. The molecule has 1 aromatic heterocycles. The molecule has 3 aromatic rings. The highest BCUT2D eigenvalue weighted by molar-refractivity contribution is 9.10. The number of likely N-dealkylation sites (N-methyl/N-ethyl adjacent to an activating group) is 1. The molecule has 0 radical (unpaired) electrons. The predicted octanol–water partition coefficient (Wildman–Crippen LogP) is 4.83. The third kappa shape index (κ3) is 5.76. The topological polar surface area (TPSA) is 61.4 Å².